The largest absolute Gasteiger partial charge is 0.395 e. The van der Waals surface area contributed by atoms with Crippen LogP contribution < -0.4 is 16.0 Å². The van der Waals surface area contributed by atoms with Crippen LogP contribution in [-0.2, 0) is 17.8 Å². The SMILES string of the molecule is CC(C)[C@@H]1CN(c2nc(C3CC3)c3c(c2N)CC(C)(C)OC3)CCN1C(=O)NCCO. The minimum Gasteiger partial charge on any atom is -0.395 e. The number of amides is 2. The number of aliphatic hydroxyl groups excluding tert-OH is 1. The van der Waals surface area contributed by atoms with Crippen molar-refractivity contribution in [2.75, 3.05) is 43.4 Å². The molecule has 4 rings (SSSR count). The minimum atomic E-state index is -0.232. The zero-order valence-corrected chi connectivity index (χ0v) is 19.3. The van der Waals surface area contributed by atoms with E-state index in [1.54, 1.807) is 0 Å². The highest BCUT2D eigenvalue weighted by Gasteiger charge is 2.38. The number of nitrogens with two attached hydrogens (primary N) is 1. The summed E-state index contributed by atoms with van der Waals surface area (Å²) >= 11 is 0. The van der Waals surface area contributed by atoms with E-state index >= 15 is 0 Å². The maximum absolute atomic E-state index is 12.6. The van der Waals surface area contributed by atoms with Crippen molar-refractivity contribution < 1.29 is 14.6 Å². The maximum Gasteiger partial charge on any atom is 0.317 e. The summed E-state index contributed by atoms with van der Waals surface area (Å²) in [6.45, 7) is 11.3. The van der Waals surface area contributed by atoms with E-state index < -0.39 is 0 Å². The number of hydrogen-bond donors (Lipinski definition) is 3. The van der Waals surface area contributed by atoms with Crippen molar-refractivity contribution in [1.82, 2.24) is 15.2 Å². The first kappa shape index (κ1) is 22.1. The molecule has 2 amide bonds. The summed E-state index contributed by atoms with van der Waals surface area (Å²) in [5.74, 6) is 1.68. The summed E-state index contributed by atoms with van der Waals surface area (Å²) in [6, 6.07) is -0.0647. The molecule has 0 bridgehead atoms. The summed E-state index contributed by atoms with van der Waals surface area (Å²) in [5.41, 5.74) is 10.9. The number of fused-ring (bicyclic) bond motifs is 1. The third-order valence-corrected chi connectivity index (χ3v) is 6.78. The summed E-state index contributed by atoms with van der Waals surface area (Å²) in [4.78, 5) is 21.9. The van der Waals surface area contributed by atoms with Gasteiger partial charge in [-0.1, -0.05) is 13.8 Å². The van der Waals surface area contributed by atoms with Gasteiger partial charge in [-0.25, -0.2) is 9.78 Å². The molecule has 3 aliphatic rings. The van der Waals surface area contributed by atoms with Gasteiger partial charge in [-0.15, -0.1) is 0 Å². The third-order valence-electron chi connectivity index (χ3n) is 6.78. The average Bonchev–Trinajstić information content (AvgIpc) is 3.57. The Kier molecular flexibility index (Phi) is 6.05. The molecule has 4 N–H and O–H groups in total. The average molecular weight is 432 g/mol. The standard InChI is InChI=1S/C23H37N5O3/c1-14(2)18-12-27(8-9-28(18)22(30)25-7-10-29)21-19(24)16-11-23(3,4)31-13-17(16)20(26-21)15-5-6-15/h14-15,18,29H,5-13,24H2,1-4H3,(H,25,30)/t18-/m0/s1. The van der Waals surface area contributed by atoms with Gasteiger partial charge in [-0.05, 0) is 38.2 Å². The molecule has 2 fully saturated rings. The van der Waals surface area contributed by atoms with E-state index in [-0.39, 0.29) is 36.7 Å². The first-order valence-electron chi connectivity index (χ1n) is 11.6. The number of anilines is 2. The quantitative estimate of drug-likeness (QED) is 0.661. The number of nitrogens with zero attached hydrogens (tertiary/aromatic N) is 3. The topological polar surface area (TPSA) is 104 Å². The highest BCUT2D eigenvalue weighted by atomic mass is 16.5. The van der Waals surface area contributed by atoms with Crippen LogP contribution in [0, 0.1) is 5.92 Å². The summed E-state index contributed by atoms with van der Waals surface area (Å²) < 4.78 is 6.09. The zero-order chi connectivity index (χ0) is 22.3. The smallest absolute Gasteiger partial charge is 0.317 e. The number of ether oxygens (including phenoxy) is 1. The number of nitrogen functional groups attached to an aromatic ring is 1. The Morgan fingerprint density at radius 2 is 2.06 bits per heavy atom. The van der Waals surface area contributed by atoms with Crippen LogP contribution >= 0.6 is 0 Å². The number of nitrogens with one attached hydrogen (secondary N) is 1. The Morgan fingerprint density at radius 1 is 1.32 bits per heavy atom. The number of carbonyl (C=O) groups excluding carboxylic acids is 1. The molecule has 1 aliphatic carbocycles. The lowest BCUT2D eigenvalue weighted by Gasteiger charge is -2.44. The highest BCUT2D eigenvalue weighted by Crippen LogP contribution is 2.46. The molecule has 0 spiro atoms. The Labute approximate surface area is 185 Å². The van der Waals surface area contributed by atoms with Crippen LogP contribution in [0.25, 0.3) is 0 Å². The van der Waals surface area contributed by atoms with Crippen LogP contribution in [0.15, 0.2) is 0 Å². The summed E-state index contributed by atoms with van der Waals surface area (Å²) in [6.07, 6.45) is 3.15. The maximum atomic E-state index is 12.6. The molecule has 2 aliphatic heterocycles. The second kappa shape index (κ2) is 8.47. The molecule has 172 valence electrons. The van der Waals surface area contributed by atoms with Gasteiger partial charge in [0, 0.05) is 44.1 Å². The van der Waals surface area contributed by atoms with Crippen molar-refractivity contribution in [3.8, 4) is 0 Å². The fourth-order valence-electron chi connectivity index (χ4n) is 4.83. The second-order valence-corrected chi connectivity index (χ2v) is 10.1. The molecule has 8 nitrogen and oxygen atoms in total. The Hall–Kier alpha value is -2.06. The number of hydrogen-bond acceptors (Lipinski definition) is 6. The molecular weight excluding hydrogens is 394 g/mol. The van der Waals surface area contributed by atoms with E-state index in [0.29, 0.717) is 32.2 Å². The highest BCUT2D eigenvalue weighted by molar-refractivity contribution is 5.76. The lowest BCUT2D eigenvalue weighted by Crippen LogP contribution is -2.59. The Bertz CT molecular complexity index is 837. The van der Waals surface area contributed by atoms with Gasteiger partial charge in [-0.2, -0.15) is 0 Å². The van der Waals surface area contributed by atoms with Crippen molar-refractivity contribution in [3.05, 3.63) is 16.8 Å². The Morgan fingerprint density at radius 3 is 2.71 bits per heavy atom. The normalized spacial score (nSPS) is 23.1. The van der Waals surface area contributed by atoms with Gasteiger partial charge in [-0.3, -0.25) is 0 Å². The van der Waals surface area contributed by atoms with E-state index in [1.807, 2.05) is 4.90 Å². The van der Waals surface area contributed by atoms with Crippen LogP contribution in [0.3, 0.4) is 0 Å². The van der Waals surface area contributed by atoms with Crippen LogP contribution in [0.4, 0.5) is 16.3 Å². The number of aliphatic hydroxyl groups is 1. The number of piperazine rings is 1. The molecule has 1 aromatic heterocycles. The van der Waals surface area contributed by atoms with E-state index in [4.69, 9.17) is 20.6 Å². The van der Waals surface area contributed by atoms with E-state index in [1.165, 1.54) is 29.7 Å². The van der Waals surface area contributed by atoms with Gasteiger partial charge in [0.05, 0.1) is 36.2 Å². The first-order valence-corrected chi connectivity index (χ1v) is 11.6. The predicted molar refractivity (Wildman–Crippen MR) is 121 cm³/mol. The van der Waals surface area contributed by atoms with E-state index in [0.717, 1.165) is 17.9 Å². The van der Waals surface area contributed by atoms with Gasteiger partial charge >= 0.3 is 6.03 Å². The van der Waals surface area contributed by atoms with Gasteiger partial charge in [0.15, 0.2) is 5.82 Å². The van der Waals surface area contributed by atoms with Crippen molar-refractivity contribution in [3.63, 3.8) is 0 Å². The van der Waals surface area contributed by atoms with Crippen LogP contribution in [0.1, 0.15) is 63.3 Å². The van der Waals surface area contributed by atoms with Gasteiger partial charge in [0.25, 0.3) is 0 Å². The number of rotatable bonds is 5. The number of urea groups is 1. The van der Waals surface area contributed by atoms with E-state index in [9.17, 15) is 4.79 Å². The lowest BCUT2D eigenvalue weighted by molar-refractivity contribution is -0.0404. The monoisotopic (exact) mass is 431 g/mol. The summed E-state index contributed by atoms with van der Waals surface area (Å²) in [5, 5.41) is 11.8. The van der Waals surface area contributed by atoms with Gasteiger partial charge < -0.3 is 30.7 Å². The van der Waals surface area contributed by atoms with Crippen LogP contribution in [0.2, 0.25) is 0 Å². The van der Waals surface area contributed by atoms with E-state index in [2.05, 4.69) is 37.9 Å². The van der Waals surface area contributed by atoms with Crippen LogP contribution in [0.5, 0.6) is 0 Å². The lowest BCUT2D eigenvalue weighted by atomic mass is 9.89. The Balaban J connectivity index is 1.64. The second-order valence-electron chi connectivity index (χ2n) is 10.1. The van der Waals surface area contributed by atoms with Gasteiger partial charge in [0.2, 0.25) is 0 Å². The first-order chi connectivity index (χ1) is 14.7. The third kappa shape index (κ3) is 4.46. The zero-order valence-electron chi connectivity index (χ0n) is 19.3. The minimum absolute atomic E-state index is 0.0498. The van der Waals surface area contributed by atoms with Gasteiger partial charge in [0.1, 0.15) is 0 Å². The number of aromatic nitrogens is 1. The molecule has 0 unspecified atom stereocenters. The van der Waals surface area contributed by atoms with Crippen molar-refractivity contribution in [1.29, 1.82) is 0 Å². The number of pyridine rings is 1. The molecule has 1 saturated heterocycles. The molecule has 0 aromatic carbocycles. The molecule has 1 aromatic rings. The van der Waals surface area contributed by atoms with Crippen molar-refractivity contribution >= 4 is 17.5 Å². The molecule has 1 saturated carbocycles. The predicted octanol–water partition coefficient (Wildman–Crippen LogP) is 2.24. The molecular formula is C23H37N5O3. The molecule has 8 heteroatoms. The molecule has 3 heterocycles. The number of carbonyl (C=O) groups is 1. The van der Waals surface area contributed by atoms with Crippen molar-refractivity contribution in [2.45, 2.75) is 71.1 Å². The van der Waals surface area contributed by atoms with Crippen LogP contribution in [-0.4, -0.2) is 65.5 Å². The molecule has 0 radical (unpaired) electrons. The fraction of sp³-hybridized carbons (Fsp3) is 0.739. The molecule has 31 heavy (non-hydrogen) atoms. The fourth-order valence-corrected chi connectivity index (χ4v) is 4.83. The molecule has 1 atom stereocenters. The summed E-state index contributed by atoms with van der Waals surface area (Å²) in [7, 11) is 0. The van der Waals surface area contributed by atoms with Crippen molar-refractivity contribution in [2.24, 2.45) is 5.92 Å².